The second-order valence-corrected chi connectivity index (χ2v) is 8.93. The average Bonchev–Trinajstić information content (AvgIpc) is 3.16. The lowest BCUT2D eigenvalue weighted by Gasteiger charge is -2.24. The Morgan fingerprint density at radius 2 is 1.68 bits per heavy atom. The first-order valence-electron chi connectivity index (χ1n) is 10.2. The topological polar surface area (TPSA) is 49.4 Å². The van der Waals surface area contributed by atoms with Crippen molar-refractivity contribution < 1.29 is 9.59 Å². The number of thioether (sulfide) groups is 1. The van der Waals surface area contributed by atoms with Crippen molar-refractivity contribution in [1.82, 2.24) is 10.2 Å². The molecule has 2 amide bonds. The molecule has 3 aromatic carbocycles. The SMILES string of the molecule is O=C(NCCc1ccc(Cl)cc1)c1ccc([C@@H]2SCC(=O)N2Cc2ccccc2)cc1. The first-order valence-corrected chi connectivity index (χ1v) is 11.6. The molecule has 3 aromatic rings. The molecule has 0 aromatic heterocycles. The molecular weight excluding hydrogens is 428 g/mol. The smallest absolute Gasteiger partial charge is 0.251 e. The summed E-state index contributed by atoms with van der Waals surface area (Å²) in [4.78, 5) is 26.8. The van der Waals surface area contributed by atoms with Gasteiger partial charge in [0, 0.05) is 23.7 Å². The fourth-order valence-corrected chi connectivity index (χ4v) is 4.87. The van der Waals surface area contributed by atoms with Crippen molar-refractivity contribution in [2.24, 2.45) is 0 Å². The van der Waals surface area contributed by atoms with Crippen molar-refractivity contribution in [2.45, 2.75) is 18.3 Å². The van der Waals surface area contributed by atoms with E-state index in [0.717, 1.165) is 23.1 Å². The molecular formula is C25H23ClN2O2S. The van der Waals surface area contributed by atoms with Crippen LogP contribution in [0.4, 0.5) is 0 Å². The minimum atomic E-state index is -0.100. The molecule has 0 spiro atoms. The first kappa shape index (κ1) is 21.5. The summed E-state index contributed by atoms with van der Waals surface area (Å²) in [6, 6.07) is 25.2. The molecule has 4 rings (SSSR count). The van der Waals surface area contributed by atoms with E-state index in [4.69, 9.17) is 11.6 Å². The molecule has 31 heavy (non-hydrogen) atoms. The van der Waals surface area contributed by atoms with E-state index in [1.807, 2.05) is 83.8 Å². The average molecular weight is 451 g/mol. The Hall–Kier alpha value is -2.76. The number of hydrogen-bond acceptors (Lipinski definition) is 3. The number of nitrogens with one attached hydrogen (secondary N) is 1. The summed E-state index contributed by atoms with van der Waals surface area (Å²) < 4.78 is 0. The molecule has 6 heteroatoms. The predicted octanol–water partition coefficient (Wildman–Crippen LogP) is 5.09. The molecule has 0 saturated carbocycles. The van der Waals surface area contributed by atoms with Crippen molar-refractivity contribution >= 4 is 35.2 Å². The van der Waals surface area contributed by atoms with Crippen LogP contribution in [0, 0.1) is 0 Å². The van der Waals surface area contributed by atoms with Gasteiger partial charge in [-0.1, -0.05) is 66.2 Å². The Labute approximate surface area is 191 Å². The minimum Gasteiger partial charge on any atom is -0.352 e. The van der Waals surface area contributed by atoms with Crippen molar-refractivity contribution in [3.05, 3.63) is 106 Å². The maximum atomic E-state index is 12.5. The molecule has 1 atom stereocenters. The fourth-order valence-electron chi connectivity index (χ4n) is 3.55. The molecule has 4 nitrogen and oxygen atoms in total. The van der Waals surface area contributed by atoms with Crippen molar-refractivity contribution in [3.63, 3.8) is 0 Å². The number of hydrogen-bond donors (Lipinski definition) is 1. The highest BCUT2D eigenvalue weighted by Crippen LogP contribution is 2.39. The maximum Gasteiger partial charge on any atom is 0.251 e. The van der Waals surface area contributed by atoms with Gasteiger partial charge in [0.2, 0.25) is 5.91 Å². The summed E-state index contributed by atoms with van der Waals surface area (Å²) in [5, 5.41) is 3.63. The highest BCUT2D eigenvalue weighted by molar-refractivity contribution is 8.00. The van der Waals surface area contributed by atoms with E-state index in [0.29, 0.717) is 29.4 Å². The van der Waals surface area contributed by atoms with E-state index >= 15 is 0 Å². The zero-order valence-corrected chi connectivity index (χ0v) is 18.5. The summed E-state index contributed by atoms with van der Waals surface area (Å²) in [6.45, 7) is 1.14. The Kier molecular flexibility index (Phi) is 6.95. The van der Waals surface area contributed by atoms with Crippen molar-refractivity contribution in [3.8, 4) is 0 Å². The minimum absolute atomic E-state index is 0.0327. The molecule has 1 heterocycles. The lowest BCUT2D eigenvalue weighted by molar-refractivity contribution is -0.128. The van der Waals surface area contributed by atoms with Crippen molar-refractivity contribution in [2.75, 3.05) is 12.3 Å². The molecule has 1 N–H and O–H groups in total. The highest BCUT2D eigenvalue weighted by atomic mass is 35.5. The Morgan fingerprint density at radius 3 is 2.39 bits per heavy atom. The monoisotopic (exact) mass is 450 g/mol. The van der Waals surface area contributed by atoms with Gasteiger partial charge in [0.1, 0.15) is 5.37 Å². The number of rotatable bonds is 7. The van der Waals surface area contributed by atoms with Gasteiger partial charge < -0.3 is 10.2 Å². The van der Waals surface area contributed by atoms with E-state index in [1.165, 1.54) is 0 Å². The van der Waals surface area contributed by atoms with E-state index < -0.39 is 0 Å². The van der Waals surface area contributed by atoms with Crippen LogP contribution in [0.25, 0.3) is 0 Å². The van der Waals surface area contributed by atoms with Gasteiger partial charge in [-0.3, -0.25) is 9.59 Å². The summed E-state index contributed by atoms with van der Waals surface area (Å²) in [7, 11) is 0. The number of halogens is 1. The van der Waals surface area contributed by atoms with Gasteiger partial charge in [-0.2, -0.15) is 0 Å². The van der Waals surface area contributed by atoms with Gasteiger partial charge in [-0.25, -0.2) is 0 Å². The molecule has 0 bridgehead atoms. The lowest BCUT2D eigenvalue weighted by Crippen LogP contribution is -2.28. The van der Waals surface area contributed by atoms with E-state index in [1.54, 1.807) is 11.8 Å². The van der Waals surface area contributed by atoms with Crippen LogP contribution < -0.4 is 5.32 Å². The van der Waals surface area contributed by atoms with Crippen molar-refractivity contribution in [1.29, 1.82) is 0 Å². The summed E-state index contributed by atoms with van der Waals surface area (Å²) >= 11 is 7.52. The van der Waals surface area contributed by atoms with Crippen LogP contribution in [-0.4, -0.2) is 29.0 Å². The highest BCUT2D eigenvalue weighted by Gasteiger charge is 2.32. The molecule has 0 unspecified atom stereocenters. The Bertz CT molecular complexity index is 1040. The van der Waals surface area contributed by atoms with Gasteiger partial charge in [0.15, 0.2) is 0 Å². The quantitative estimate of drug-likeness (QED) is 0.545. The Balaban J connectivity index is 1.36. The van der Waals surface area contributed by atoms with Crippen LogP contribution in [-0.2, 0) is 17.8 Å². The molecule has 1 aliphatic rings. The fraction of sp³-hybridized carbons (Fsp3) is 0.200. The van der Waals surface area contributed by atoms with Gasteiger partial charge in [-0.05, 0) is 47.4 Å². The summed E-state index contributed by atoms with van der Waals surface area (Å²) in [5.74, 6) is 0.518. The predicted molar refractivity (Wildman–Crippen MR) is 126 cm³/mol. The van der Waals surface area contributed by atoms with Crippen LogP contribution >= 0.6 is 23.4 Å². The number of carbonyl (C=O) groups is 2. The van der Waals surface area contributed by atoms with Gasteiger partial charge in [0.05, 0.1) is 5.75 Å². The molecule has 1 fully saturated rings. The third-order valence-electron chi connectivity index (χ3n) is 5.23. The van der Waals surface area contributed by atoms with Gasteiger partial charge >= 0.3 is 0 Å². The zero-order valence-electron chi connectivity index (χ0n) is 17.0. The van der Waals surface area contributed by atoms with E-state index in [9.17, 15) is 9.59 Å². The van der Waals surface area contributed by atoms with Crippen LogP contribution in [0.3, 0.4) is 0 Å². The summed E-state index contributed by atoms with van der Waals surface area (Å²) in [5.41, 5.74) is 3.88. The summed E-state index contributed by atoms with van der Waals surface area (Å²) in [6.07, 6.45) is 0.746. The molecule has 158 valence electrons. The van der Waals surface area contributed by atoms with Crippen LogP contribution in [0.5, 0.6) is 0 Å². The van der Waals surface area contributed by atoms with Crippen LogP contribution in [0.2, 0.25) is 5.02 Å². The molecule has 1 saturated heterocycles. The largest absolute Gasteiger partial charge is 0.352 e. The third-order valence-corrected chi connectivity index (χ3v) is 6.74. The van der Waals surface area contributed by atoms with E-state index in [2.05, 4.69) is 5.32 Å². The number of amides is 2. The van der Waals surface area contributed by atoms with E-state index in [-0.39, 0.29) is 17.2 Å². The zero-order chi connectivity index (χ0) is 21.6. The molecule has 0 radical (unpaired) electrons. The standard InChI is InChI=1S/C25H23ClN2O2S/c26-22-12-6-18(7-13-22)14-15-27-24(30)20-8-10-21(11-9-20)25-28(23(29)17-31-25)16-19-4-2-1-3-5-19/h1-13,25H,14-17H2,(H,27,30)/t25-/m0/s1. The molecule has 0 aliphatic carbocycles. The second kappa shape index (κ2) is 10.0. The first-order chi connectivity index (χ1) is 15.1. The normalized spacial score (nSPS) is 15.8. The van der Waals surface area contributed by atoms with Gasteiger partial charge in [-0.15, -0.1) is 11.8 Å². The third kappa shape index (κ3) is 5.49. The lowest BCUT2D eigenvalue weighted by atomic mass is 10.1. The van der Waals surface area contributed by atoms with Crippen LogP contribution in [0.1, 0.15) is 32.4 Å². The van der Waals surface area contributed by atoms with Gasteiger partial charge in [0.25, 0.3) is 5.91 Å². The number of benzene rings is 3. The second-order valence-electron chi connectivity index (χ2n) is 7.42. The number of nitrogens with zero attached hydrogens (tertiary/aromatic N) is 1. The maximum absolute atomic E-state index is 12.5. The Morgan fingerprint density at radius 1 is 0.968 bits per heavy atom. The van der Waals surface area contributed by atoms with Crippen LogP contribution in [0.15, 0.2) is 78.9 Å². The molecule has 1 aliphatic heterocycles. The number of carbonyl (C=O) groups excluding carboxylic acids is 2.